The predicted molar refractivity (Wildman–Crippen MR) is 90.3 cm³/mol. The molecule has 2 aliphatic rings. The highest BCUT2D eigenvalue weighted by molar-refractivity contribution is 7.46. The van der Waals surface area contributed by atoms with Crippen LogP contribution in [-0.2, 0) is 28.1 Å². The normalized spacial score (nSPS) is 30.8. The van der Waals surface area contributed by atoms with E-state index in [0.717, 1.165) is 0 Å². The summed E-state index contributed by atoms with van der Waals surface area (Å²) in [7, 11) is -3.24. The Balaban J connectivity index is 2.30. The number of nitrogens with zero attached hydrogens (tertiary/aromatic N) is 1. The maximum Gasteiger partial charge on any atom is 0.469 e. The highest BCUT2D eigenvalue weighted by atomic mass is 31.2. The minimum absolute atomic E-state index is 0.190. The number of carbonyl (C=O) groups excluding carboxylic acids is 1. The SMILES string of the molecule is C=C1NC(=O)C=CN1[C@@H]1O[C@H]([C@@H](C)OP(=O)(O)O)[C@H](OC(C)C)C1OC. The molecule has 0 aliphatic carbocycles. The smallest absolute Gasteiger partial charge is 0.374 e. The molecule has 0 radical (unpaired) electrons. The number of nitrogens with one attached hydrogen (secondary N) is 1. The third-order valence-corrected chi connectivity index (χ3v) is 4.54. The van der Waals surface area contributed by atoms with Crippen LogP contribution in [0.25, 0.3) is 0 Å². The summed E-state index contributed by atoms with van der Waals surface area (Å²) in [5, 5.41) is 2.56. The summed E-state index contributed by atoms with van der Waals surface area (Å²) in [6, 6.07) is 0. The molecule has 1 amide bonds. The van der Waals surface area contributed by atoms with Gasteiger partial charge in [-0.25, -0.2) is 4.57 Å². The Morgan fingerprint density at radius 3 is 2.50 bits per heavy atom. The Bertz CT molecular complexity index is 619. The first-order valence-electron chi connectivity index (χ1n) is 8.07. The van der Waals surface area contributed by atoms with Gasteiger partial charge in [0.15, 0.2) is 6.23 Å². The lowest BCUT2D eigenvalue weighted by atomic mass is 10.1. The van der Waals surface area contributed by atoms with Crippen LogP contribution in [0.2, 0.25) is 0 Å². The van der Waals surface area contributed by atoms with Gasteiger partial charge >= 0.3 is 7.82 Å². The highest BCUT2D eigenvalue weighted by Gasteiger charge is 2.52. The molecule has 10 nitrogen and oxygen atoms in total. The first kappa shape index (κ1) is 21.0. The molecule has 0 saturated carbocycles. The van der Waals surface area contributed by atoms with Crippen LogP contribution in [0, 0.1) is 0 Å². The number of rotatable bonds is 7. The van der Waals surface area contributed by atoms with Crippen LogP contribution in [0.4, 0.5) is 0 Å². The van der Waals surface area contributed by atoms with E-state index in [-0.39, 0.29) is 17.8 Å². The van der Waals surface area contributed by atoms with Crippen LogP contribution in [0.5, 0.6) is 0 Å². The second-order valence-electron chi connectivity index (χ2n) is 6.30. The van der Waals surface area contributed by atoms with Crippen molar-refractivity contribution in [3.63, 3.8) is 0 Å². The molecule has 0 bridgehead atoms. The number of hydrogen-bond acceptors (Lipinski definition) is 7. The number of phosphoric ester groups is 1. The molecule has 0 aromatic rings. The number of hydrogen-bond donors (Lipinski definition) is 3. The van der Waals surface area contributed by atoms with Crippen LogP contribution in [0.15, 0.2) is 24.7 Å². The molecule has 1 saturated heterocycles. The first-order valence-corrected chi connectivity index (χ1v) is 9.60. The maximum absolute atomic E-state index is 11.4. The summed E-state index contributed by atoms with van der Waals surface area (Å²) < 4.78 is 33.4. The fourth-order valence-electron chi connectivity index (χ4n) is 2.99. The molecule has 26 heavy (non-hydrogen) atoms. The molecule has 3 N–H and O–H groups in total. The van der Waals surface area contributed by atoms with E-state index in [9.17, 15) is 9.36 Å². The van der Waals surface area contributed by atoms with Crippen molar-refractivity contribution in [3.05, 3.63) is 24.7 Å². The van der Waals surface area contributed by atoms with Crippen molar-refractivity contribution in [1.82, 2.24) is 10.2 Å². The number of ether oxygens (including phenoxy) is 3. The van der Waals surface area contributed by atoms with E-state index in [1.54, 1.807) is 4.90 Å². The van der Waals surface area contributed by atoms with Gasteiger partial charge in [0.2, 0.25) is 0 Å². The lowest BCUT2D eigenvalue weighted by Crippen LogP contribution is -2.48. The summed E-state index contributed by atoms with van der Waals surface area (Å²) in [4.78, 5) is 31.2. The second kappa shape index (κ2) is 8.18. The summed E-state index contributed by atoms with van der Waals surface area (Å²) in [6.07, 6.45) is -1.19. The van der Waals surface area contributed by atoms with E-state index in [0.29, 0.717) is 0 Å². The van der Waals surface area contributed by atoms with Crippen molar-refractivity contribution in [3.8, 4) is 0 Å². The molecule has 1 fully saturated rings. The van der Waals surface area contributed by atoms with Crippen molar-refractivity contribution in [2.24, 2.45) is 0 Å². The van der Waals surface area contributed by atoms with Crippen molar-refractivity contribution in [2.45, 2.75) is 57.5 Å². The van der Waals surface area contributed by atoms with E-state index in [1.807, 2.05) is 13.8 Å². The van der Waals surface area contributed by atoms with Gasteiger partial charge in [-0.2, -0.15) is 0 Å². The Morgan fingerprint density at radius 1 is 1.35 bits per heavy atom. The summed E-state index contributed by atoms with van der Waals surface area (Å²) in [5.41, 5.74) is 0. The number of phosphoric acid groups is 1. The Kier molecular flexibility index (Phi) is 6.62. The van der Waals surface area contributed by atoms with Crippen LogP contribution >= 0.6 is 7.82 Å². The van der Waals surface area contributed by atoms with Crippen LogP contribution in [0.1, 0.15) is 20.8 Å². The standard InChI is InChI=1S/C15H25N2O8P/c1-8(2)23-13-12(9(3)25-26(19,20)21)24-15(14(13)22-5)17-7-6-11(18)16-10(17)4/h6-9,12-15H,4H2,1-3,5H3,(H,16,18)(H2,19,20,21)/t9-,12-,13+,14?,15-/m1/s1. The third kappa shape index (κ3) is 4.92. The summed E-state index contributed by atoms with van der Waals surface area (Å²) >= 11 is 0. The molecule has 2 rings (SSSR count). The first-order chi connectivity index (χ1) is 12.0. The molecule has 0 aromatic carbocycles. The predicted octanol–water partition coefficient (Wildman–Crippen LogP) is 0.434. The quantitative estimate of drug-likeness (QED) is 0.529. The van der Waals surface area contributed by atoms with E-state index >= 15 is 0 Å². The van der Waals surface area contributed by atoms with Gasteiger partial charge in [0.05, 0.1) is 12.2 Å². The van der Waals surface area contributed by atoms with Gasteiger partial charge in [-0.15, -0.1) is 0 Å². The van der Waals surface area contributed by atoms with Gasteiger partial charge in [0, 0.05) is 19.4 Å². The molecule has 2 heterocycles. The number of methoxy groups -OCH3 is 1. The maximum atomic E-state index is 11.4. The number of amides is 1. The Labute approximate surface area is 152 Å². The summed E-state index contributed by atoms with van der Waals surface area (Å²) in [6.45, 7) is 8.92. The zero-order chi connectivity index (χ0) is 19.6. The molecule has 11 heteroatoms. The van der Waals surface area contributed by atoms with Crippen LogP contribution < -0.4 is 5.32 Å². The molecule has 5 atom stereocenters. The Morgan fingerprint density at radius 2 is 2.00 bits per heavy atom. The second-order valence-corrected chi connectivity index (χ2v) is 7.49. The fourth-order valence-corrected chi connectivity index (χ4v) is 3.54. The third-order valence-electron chi connectivity index (χ3n) is 3.93. The fraction of sp³-hybridized carbons (Fsp3) is 0.667. The largest absolute Gasteiger partial charge is 0.469 e. The lowest BCUT2D eigenvalue weighted by molar-refractivity contribution is -0.119. The van der Waals surface area contributed by atoms with E-state index in [2.05, 4.69) is 11.9 Å². The monoisotopic (exact) mass is 392 g/mol. The molecular formula is C15H25N2O8P. The van der Waals surface area contributed by atoms with Crippen molar-refractivity contribution in [1.29, 1.82) is 0 Å². The van der Waals surface area contributed by atoms with E-state index in [4.69, 9.17) is 28.5 Å². The molecular weight excluding hydrogens is 367 g/mol. The lowest BCUT2D eigenvalue weighted by Gasteiger charge is -2.34. The van der Waals surface area contributed by atoms with E-state index < -0.39 is 38.5 Å². The molecule has 148 valence electrons. The van der Waals surface area contributed by atoms with Gasteiger partial charge in [0.25, 0.3) is 5.91 Å². The van der Waals surface area contributed by atoms with Crippen LogP contribution in [-0.4, -0.2) is 64.5 Å². The van der Waals surface area contributed by atoms with Gasteiger partial charge in [0.1, 0.15) is 24.1 Å². The molecule has 0 spiro atoms. The average molecular weight is 392 g/mol. The molecule has 0 aromatic heterocycles. The van der Waals surface area contributed by atoms with Gasteiger partial charge < -0.3 is 34.2 Å². The van der Waals surface area contributed by atoms with Gasteiger partial charge in [-0.05, 0) is 20.8 Å². The molecule has 1 unspecified atom stereocenters. The number of carbonyl (C=O) groups is 1. The average Bonchev–Trinajstić information content (AvgIpc) is 2.83. The zero-order valence-corrected chi connectivity index (χ0v) is 16.0. The van der Waals surface area contributed by atoms with E-state index in [1.165, 1.54) is 26.3 Å². The summed E-state index contributed by atoms with van der Waals surface area (Å²) in [5.74, 6) is -0.0278. The van der Waals surface area contributed by atoms with Crippen molar-refractivity contribution < 1.29 is 37.9 Å². The van der Waals surface area contributed by atoms with Crippen LogP contribution in [0.3, 0.4) is 0 Å². The van der Waals surface area contributed by atoms with Gasteiger partial charge in [-0.3, -0.25) is 9.32 Å². The van der Waals surface area contributed by atoms with Crippen molar-refractivity contribution in [2.75, 3.05) is 7.11 Å². The molecule has 2 aliphatic heterocycles. The highest BCUT2D eigenvalue weighted by Crippen LogP contribution is 2.42. The van der Waals surface area contributed by atoms with Gasteiger partial charge in [-0.1, -0.05) is 6.58 Å². The van der Waals surface area contributed by atoms with Crippen molar-refractivity contribution >= 4 is 13.7 Å². The zero-order valence-electron chi connectivity index (χ0n) is 15.1. The Hall–Kier alpha value is -1.26. The minimum Gasteiger partial charge on any atom is -0.374 e. The topological polar surface area (TPSA) is 127 Å². The minimum atomic E-state index is -4.71.